The molecule has 0 fully saturated rings. The summed E-state index contributed by atoms with van der Waals surface area (Å²) in [6.07, 6.45) is -0.402. The van der Waals surface area contributed by atoms with E-state index in [0.29, 0.717) is 18.8 Å². The van der Waals surface area contributed by atoms with Crippen molar-refractivity contribution in [2.24, 2.45) is 0 Å². The highest BCUT2D eigenvalue weighted by Gasteiger charge is 2.18. The molecule has 0 unspecified atom stereocenters. The number of rotatable bonds is 8. The molecule has 3 aromatic carbocycles. The van der Waals surface area contributed by atoms with E-state index in [1.807, 2.05) is 105 Å². The number of benzene rings is 3. The zero-order chi connectivity index (χ0) is 23.1. The van der Waals surface area contributed by atoms with E-state index < -0.39 is 6.09 Å². The molecule has 0 N–H and O–H groups in total. The Bertz CT molecular complexity index is 1030. The van der Waals surface area contributed by atoms with E-state index in [4.69, 9.17) is 9.47 Å². The Morgan fingerprint density at radius 2 is 1.34 bits per heavy atom. The first-order valence-electron chi connectivity index (χ1n) is 10.5. The molecular weight excluding hydrogens is 402 g/mol. The summed E-state index contributed by atoms with van der Waals surface area (Å²) < 4.78 is 11.1. The molecule has 0 spiro atoms. The number of amides is 1. The second-order valence-electron chi connectivity index (χ2n) is 8.03. The van der Waals surface area contributed by atoms with Crippen molar-refractivity contribution in [3.05, 3.63) is 83.9 Å². The molecule has 0 saturated heterocycles. The smallest absolute Gasteiger partial charge is 0.415 e. The van der Waals surface area contributed by atoms with E-state index >= 15 is 0 Å². The molecule has 168 valence electrons. The zero-order valence-electron chi connectivity index (χ0n) is 19.4. The van der Waals surface area contributed by atoms with Gasteiger partial charge >= 0.3 is 6.09 Å². The molecule has 0 bridgehead atoms. The summed E-state index contributed by atoms with van der Waals surface area (Å²) in [4.78, 5) is 18.9. The van der Waals surface area contributed by atoms with Crippen LogP contribution in [0.25, 0.3) is 0 Å². The molecule has 0 aliphatic rings. The molecule has 0 heterocycles. The Balaban J connectivity index is 1.83. The number of methoxy groups -OCH3 is 1. The molecular formula is C26H31N3O3. The van der Waals surface area contributed by atoms with E-state index in [1.165, 1.54) is 0 Å². The van der Waals surface area contributed by atoms with Gasteiger partial charge in [0.1, 0.15) is 11.5 Å². The van der Waals surface area contributed by atoms with Crippen molar-refractivity contribution in [2.45, 2.75) is 13.1 Å². The van der Waals surface area contributed by atoms with Gasteiger partial charge in [0.25, 0.3) is 0 Å². The van der Waals surface area contributed by atoms with Crippen molar-refractivity contribution in [1.29, 1.82) is 0 Å². The molecule has 3 aromatic rings. The summed E-state index contributed by atoms with van der Waals surface area (Å²) in [5.41, 5.74) is 4.07. The highest BCUT2D eigenvalue weighted by atomic mass is 16.6. The van der Waals surface area contributed by atoms with Gasteiger partial charge < -0.3 is 19.3 Å². The van der Waals surface area contributed by atoms with Crippen LogP contribution in [0.1, 0.15) is 11.1 Å². The van der Waals surface area contributed by atoms with Crippen LogP contribution in [0.5, 0.6) is 11.5 Å². The SMILES string of the molecule is COc1cccc(CN(Cc2ccc(N(C)C)cc2)C(=O)Oc2cccc(N(C)C)c2)c1. The average molecular weight is 434 g/mol. The second kappa shape index (κ2) is 10.6. The van der Waals surface area contributed by atoms with Crippen molar-refractivity contribution in [3.63, 3.8) is 0 Å². The van der Waals surface area contributed by atoms with Crippen LogP contribution < -0.4 is 19.3 Å². The quantitative estimate of drug-likeness (QED) is 0.499. The second-order valence-corrected chi connectivity index (χ2v) is 8.03. The van der Waals surface area contributed by atoms with E-state index in [2.05, 4.69) is 0 Å². The van der Waals surface area contributed by atoms with E-state index in [0.717, 1.165) is 28.3 Å². The normalized spacial score (nSPS) is 10.4. The molecule has 0 aromatic heterocycles. The third kappa shape index (κ3) is 6.17. The molecule has 6 heteroatoms. The van der Waals surface area contributed by atoms with E-state index in [1.54, 1.807) is 18.1 Å². The third-order valence-corrected chi connectivity index (χ3v) is 5.13. The topological polar surface area (TPSA) is 45.3 Å². The Morgan fingerprint density at radius 3 is 2.00 bits per heavy atom. The predicted molar refractivity (Wildman–Crippen MR) is 130 cm³/mol. The van der Waals surface area contributed by atoms with Crippen molar-refractivity contribution >= 4 is 17.5 Å². The van der Waals surface area contributed by atoms with Gasteiger partial charge in [-0.15, -0.1) is 0 Å². The lowest BCUT2D eigenvalue weighted by atomic mass is 10.1. The van der Waals surface area contributed by atoms with Crippen molar-refractivity contribution in [1.82, 2.24) is 4.90 Å². The summed E-state index contributed by atoms with van der Waals surface area (Å²) in [7, 11) is 9.54. The van der Waals surface area contributed by atoms with Crippen LogP contribution >= 0.6 is 0 Å². The van der Waals surface area contributed by atoms with Crippen LogP contribution in [0.3, 0.4) is 0 Å². The number of ether oxygens (including phenoxy) is 2. The average Bonchev–Trinajstić information content (AvgIpc) is 2.79. The van der Waals surface area contributed by atoms with Crippen molar-refractivity contribution in [2.75, 3.05) is 45.1 Å². The standard InChI is InChI=1S/C26H31N3O3/c1-27(2)22-14-12-20(13-15-22)18-29(19-21-8-6-10-24(16-21)31-5)26(30)32-25-11-7-9-23(17-25)28(3)4/h6-17H,18-19H2,1-5H3. The van der Waals surface area contributed by atoms with Crippen molar-refractivity contribution in [3.8, 4) is 11.5 Å². The molecule has 0 radical (unpaired) electrons. The van der Waals surface area contributed by atoms with E-state index in [9.17, 15) is 4.79 Å². The highest BCUT2D eigenvalue weighted by Crippen LogP contribution is 2.22. The zero-order valence-corrected chi connectivity index (χ0v) is 19.4. The number of hydrogen-bond acceptors (Lipinski definition) is 5. The number of hydrogen-bond donors (Lipinski definition) is 0. The molecule has 0 aliphatic heterocycles. The van der Waals surface area contributed by atoms with Gasteiger partial charge in [-0.05, 0) is 47.5 Å². The van der Waals surface area contributed by atoms with Crippen LogP contribution in [0.4, 0.5) is 16.2 Å². The lowest BCUT2D eigenvalue weighted by Crippen LogP contribution is -2.32. The number of nitrogens with zero attached hydrogens (tertiary/aromatic N) is 3. The molecule has 3 rings (SSSR count). The number of carbonyl (C=O) groups excluding carboxylic acids is 1. The van der Waals surface area contributed by atoms with Crippen LogP contribution in [0.2, 0.25) is 0 Å². The first-order chi connectivity index (χ1) is 15.4. The van der Waals surface area contributed by atoms with Crippen LogP contribution in [0, 0.1) is 0 Å². The first-order valence-corrected chi connectivity index (χ1v) is 10.5. The van der Waals surface area contributed by atoms with Gasteiger partial charge in [-0.2, -0.15) is 0 Å². The fourth-order valence-electron chi connectivity index (χ4n) is 3.29. The molecule has 6 nitrogen and oxygen atoms in total. The maximum absolute atomic E-state index is 13.2. The Kier molecular flexibility index (Phi) is 7.60. The van der Waals surface area contributed by atoms with Crippen LogP contribution in [0.15, 0.2) is 72.8 Å². The van der Waals surface area contributed by atoms with Gasteiger partial charge in [0.2, 0.25) is 0 Å². The summed E-state index contributed by atoms with van der Waals surface area (Å²) in [6, 6.07) is 23.4. The summed E-state index contributed by atoms with van der Waals surface area (Å²) in [5.74, 6) is 1.27. The minimum absolute atomic E-state index is 0.402. The maximum atomic E-state index is 13.2. The first kappa shape index (κ1) is 23.0. The molecule has 32 heavy (non-hydrogen) atoms. The van der Waals surface area contributed by atoms with Crippen LogP contribution in [-0.2, 0) is 13.1 Å². The molecule has 1 amide bonds. The lowest BCUT2D eigenvalue weighted by Gasteiger charge is -2.23. The Morgan fingerprint density at radius 1 is 0.719 bits per heavy atom. The number of carbonyl (C=O) groups is 1. The van der Waals surface area contributed by atoms with Gasteiger partial charge in [-0.1, -0.05) is 30.3 Å². The monoisotopic (exact) mass is 433 g/mol. The maximum Gasteiger partial charge on any atom is 0.415 e. The van der Waals surface area contributed by atoms with Gasteiger partial charge in [0, 0.05) is 58.7 Å². The largest absolute Gasteiger partial charge is 0.497 e. The van der Waals surface area contributed by atoms with Gasteiger partial charge in [-0.3, -0.25) is 4.90 Å². The van der Waals surface area contributed by atoms with Crippen LogP contribution in [-0.4, -0.2) is 46.3 Å². The van der Waals surface area contributed by atoms with Crippen molar-refractivity contribution < 1.29 is 14.3 Å². The molecule has 0 saturated carbocycles. The van der Waals surface area contributed by atoms with Gasteiger partial charge in [-0.25, -0.2) is 4.79 Å². The number of anilines is 2. The lowest BCUT2D eigenvalue weighted by molar-refractivity contribution is 0.146. The third-order valence-electron chi connectivity index (χ3n) is 5.13. The van der Waals surface area contributed by atoms with E-state index in [-0.39, 0.29) is 0 Å². The summed E-state index contributed by atoms with van der Waals surface area (Å²) >= 11 is 0. The Hall–Kier alpha value is -3.67. The fourth-order valence-corrected chi connectivity index (χ4v) is 3.29. The fraction of sp³-hybridized carbons (Fsp3) is 0.269. The summed E-state index contributed by atoms with van der Waals surface area (Å²) in [6.45, 7) is 0.829. The highest BCUT2D eigenvalue weighted by molar-refractivity contribution is 5.71. The Labute approximate surface area is 190 Å². The summed E-state index contributed by atoms with van der Waals surface area (Å²) in [5, 5.41) is 0. The minimum Gasteiger partial charge on any atom is -0.497 e. The molecule has 0 atom stereocenters. The molecule has 0 aliphatic carbocycles. The van der Waals surface area contributed by atoms with Gasteiger partial charge in [0.05, 0.1) is 7.11 Å². The van der Waals surface area contributed by atoms with Gasteiger partial charge in [0.15, 0.2) is 0 Å². The minimum atomic E-state index is -0.402. The predicted octanol–water partition coefficient (Wildman–Crippen LogP) is 5.03.